The van der Waals surface area contributed by atoms with Crippen molar-refractivity contribution < 1.29 is 4.74 Å². The first-order valence-corrected chi connectivity index (χ1v) is 3.99. The van der Waals surface area contributed by atoms with E-state index in [1.165, 1.54) is 0 Å². The first-order valence-electron chi connectivity index (χ1n) is 3.99. The Morgan fingerprint density at radius 2 is 1.54 bits per heavy atom. The fraction of sp³-hybridized carbons (Fsp3) is 0. The average molecular weight is 170 g/mol. The van der Waals surface area contributed by atoms with Gasteiger partial charge in [-0.1, -0.05) is 12.1 Å². The van der Waals surface area contributed by atoms with Gasteiger partial charge in [0.05, 0.1) is 0 Å². The van der Waals surface area contributed by atoms with E-state index in [0.29, 0.717) is 0 Å². The van der Waals surface area contributed by atoms with Crippen molar-refractivity contribution in [2.24, 2.45) is 0 Å². The molecule has 13 heavy (non-hydrogen) atoms. The van der Waals surface area contributed by atoms with Crippen LogP contribution in [0.3, 0.4) is 0 Å². The second kappa shape index (κ2) is 3.72. The van der Waals surface area contributed by atoms with Crippen LogP contribution < -0.4 is 4.74 Å². The summed E-state index contributed by atoms with van der Waals surface area (Å²) in [5.74, 6) is 1.60. The molecule has 63 valence electrons. The summed E-state index contributed by atoms with van der Waals surface area (Å²) in [6.07, 6.45) is 3.40. The molecule has 0 aliphatic heterocycles. The summed E-state index contributed by atoms with van der Waals surface area (Å²) in [7, 11) is 0. The highest BCUT2D eigenvalue weighted by Gasteiger charge is 1.93. The number of ether oxygens (including phenoxy) is 1. The lowest BCUT2D eigenvalue weighted by Gasteiger charge is -2.03. The monoisotopic (exact) mass is 170 g/mol. The predicted molar refractivity (Wildman–Crippen MR) is 49.6 cm³/mol. The standard InChI is InChI=1S/C11H8NO/c1-2-4-10(5-3-1)13-11-6-8-12-9-7-11/h2-9H. The van der Waals surface area contributed by atoms with Crippen molar-refractivity contribution in [3.63, 3.8) is 0 Å². The Labute approximate surface area is 76.8 Å². The van der Waals surface area contributed by atoms with Crippen LogP contribution in [0.2, 0.25) is 0 Å². The molecule has 1 heterocycles. The molecule has 0 fully saturated rings. The lowest BCUT2D eigenvalue weighted by atomic mass is 10.3. The fourth-order valence-corrected chi connectivity index (χ4v) is 0.982. The molecular formula is C11H8NO. The van der Waals surface area contributed by atoms with Crippen LogP contribution >= 0.6 is 0 Å². The number of rotatable bonds is 2. The van der Waals surface area contributed by atoms with E-state index in [-0.39, 0.29) is 0 Å². The van der Waals surface area contributed by atoms with Crippen LogP contribution in [0.15, 0.2) is 48.8 Å². The highest BCUT2D eigenvalue weighted by Crippen LogP contribution is 2.18. The molecule has 0 saturated heterocycles. The van der Waals surface area contributed by atoms with Crippen LogP contribution in [0.5, 0.6) is 11.5 Å². The van der Waals surface area contributed by atoms with Gasteiger partial charge in [-0.05, 0) is 30.3 Å². The second-order valence-corrected chi connectivity index (χ2v) is 2.52. The molecule has 0 atom stereocenters. The lowest BCUT2D eigenvalue weighted by Crippen LogP contribution is -1.82. The van der Waals surface area contributed by atoms with E-state index < -0.39 is 0 Å². The van der Waals surface area contributed by atoms with Crippen molar-refractivity contribution in [2.75, 3.05) is 0 Å². The molecule has 0 bridgehead atoms. The minimum atomic E-state index is 0.793. The Balaban J connectivity index is 2.16. The zero-order valence-electron chi connectivity index (χ0n) is 6.97. The summed E-state index contributed by atoms with van der Waals surface area (Å²) in [6.45, 7) is 0. The van der Waals surface area contributed by atoms with Crippen LogP contribution in [0, 0.1) is 6.07 Å². The van der Waals surface area contributed by atoms with E-state index in [1.807, 2.05) is 36.4 Å². The third-order valence-corrected chi connectivity index (χ3v) is 1.57. The van der Waals surface area contributed by atoms with Gasteiger partial charge in [-0.2, -0.15) is 0 Å². The SMILES string of the molecule is [c]1ccc(Oc2ccncc2)cc1. The van der Waals surface area contributed by atoms with Gasteiger partial charge in [-0.25, -0.2) is 0 Å². The van der Waals surface area contributed by atoms with Crippen LogP contribution in [-0.2, 0) is 0 Å². The van der Waals surface area contributed by atoms with Gasteiger partial charge in [0.25, 0.3) is 0 Å². The van der Waals surface area contributed by atoms with Crippen molar-refractivity contribution in [1.82, 2.24) is 4.98 Å². The molecule has 2 aromatic rings. The van der Waals surface area contributed by atoms with Gasteiger partial charge in [-0.3, -0.25) is 4.98 Å². The van der Waals surface area contributed by atoms with Crippen molar-refractivity contribution in [3.8, 4) is 11.5 Å². The van der Waals surface area contributed by atoms with Gasteiger partial charge in [0.2, 0.25) is 0 Å². The number of aromatic nitrogens is 1. The normalized spacial score (nSPS) is 9.54. The van der Waals surface area contributed by atoms with Crippen molar-refractivity contribution in [3.05, 3.63) is 54.9 Å². The first-order chi connectivity index (χ1) is 6.45. The third kappa shape index (κ3) is 2.06. The van der Waals surface area contributed by atoms with Gasteiger partial charge in [0.15, 0.2) is 0 Å². The Bertz CT molecular complexity index is 321. The fourth-order valence-electron chi connectivity index (χ4n) is 0.982. The smallest absolute Gasteiger partial charge is 0.130 e. The minimum absolute atomic E-state index is 0.793. The number of hydrogen-bond donors (Lipinski definition) is 0. The molecule has 0 aliphatic carbocycles. The minimum Gasteiger partial charge on any atom is -0.457 e. The molecule has 0 unspecified atom stereocenters. The molecule has 0 N–H and O–H groups in total. The topological polar surface area (TPSA) is 22.1 Å². The van der Waals surface area contributed by atoms with Gasteiger partial charge < -0.3 is 4.74 Å². The maximum atomic E-state index is 5.52. The maximum absolute atomic E-state index is 5.52. The Kier molecular flexibility index (Phi) is 2.23. The molecule has 0 amide bonds. The van der Waals surface area contributed by atoms with E-state index in [9.17, 15) is 0 Å². The van der Waals surface area contributed by atoms with Crippen molar-refractivity contribution >= 4 is 0 Å². The van der Waals surface area contributed by atoms with Crippen molar-refractivity contribution in [1.29, 1.82) is 0 Å². The average Bonchev–Trinajstić information content (AvgIpc) is 2.21. The molecule has 1 radical (unpaired) electrons. The molecule has 0 saturated carbocycles. The number of hydrogen-bond acceptors (Lipinski definition) is 2. The molecule has 0 aliphatic rings. The lowest BCUT2D eigenvalue weighted by molar-refractivity contribution is 0.482. The van der Waals surface area contributed by atoms with Gasteiger partial charge in [0, 0.05) is 12.4 Å². The zero-order valence-corrected chi connectivity index (χ0v) is 6.97. The summed E-state index contributed by atoms with van der Waals surface area (Å²) in [5.41, 5.74) is 0. The van der Waals surface area contributed by atoms with Crippen molar-refractivity contribution in [2.45, 2.75) is 0 Å². The third-order valence-electron chi connectivity index (χ3n) is 1.57. The Morgan fingerprint density at radius 3 is 2.23 bits per heavy atom. The largest absolute Gasteiger partial charge is 0.457 e. The molecule has 2 heteroatoms. The summed E-state index contributed by atoms with van der Waals surface area (Å²) < 4.78 is 5.52. The number of nitrogens with zero attached hydrogens (tertiary/aromatic N) is 1. The van der Waals surface area contributed by atoms with Gasteiger partial charge >= 0.3 is 0 Å². The Hall–Kier alpha value is -1.83. The molecule has 1 aromatic heterocycles. The van der Waals surface area contributed by atoms with E-state index >= 15 is 0 Å². The van der Waals surface area contributed by atoms with E-state index in [2.05, 4.69) is 11.1 Å². The van der Waals surface area contributed by atoms with Crippen LogP contribution in [0.25, 0.3) is 0 Å². The molecule has 1 aromatic carbocycles. The summed E-state index contributed by atoms with van der Waals surface area (Å²) in [4.78, 5) is 3.90. The summed E-state index contributed by atoms with van der Waals surface area (Å²) in [5, 5.41) is 0. The van der Waals surface area contributed by atoms with Crippen LogP contribution in [0.1, 0.15) is 0 Å². The van der Waals surface area contributed by atoms with Gasteiger partial charge in [0.1, 0.15) is 11.5 Å². The maximum Gasteiger partial charge on any atom is 0.130 e. The van der Waals surface area contributed by atoms with E-state index in [1.54, 1.807) is 12.4 Å². The number of benzene rings is 1. The summed E-state index contributed by atoms with van der Waals surface area (Å²) >= 11 is 0. The number of pyridine rings is 1. The van der Waals surface area contributed by atoms with Crippen LogP contribution in [-0.4, -0.2) is 4.98 Å². The van der Waals surface area contributed by atoms with Crippen LogP contribution in [0.4, 0.5) is 0 Å². The zero-order chi connectivity index (χ0) is 8.93. The predicted octanol–water partition coefficient (Wildman–Crippen LogP) is 2.67. The Morgan fingerprint density at radius 1 is 0.923 bits per heavy atom. The second-order valence-electron chi connectivity index (χ2n) is 2.52. The van der Waals surface area contributed by atoms with Gasteiger partial charge in [-0.15, -0.1) is 0 Å². The highest BCUT2D eigenvalue weighted by molar-refractivity contribution is 5.28. The highest BCUT2D eigenvalue weighted by atomic mass is 16.5. The first kappa shape index (κ1) is 7.80. The summed E-state index contributed by atoms with van der Waals surface area (Å²) in [6, 6.07) is 13.9. The van der Waals surface area contributed by atoms with E-state index in [0.717, 1.165) is 11.5 Å². The molecule has 2 rings (SSSR count). The molecule has 2 nitrogen and oxygen atoms in total. The molecule has 0 spiro atoms. The van der Waals surface area contributed by atoms with E-state index in [4.69, 9.17) is 4.74 Å². The quantitative estimate of drug-likeness (QED) is 0.691. The molecular weight excluding hydrogens is 162 g/mol.